The number of nitrogens with zero attached hydrogens (tertiary/aromatic N) is 2. The zero-order valence-corrected chi connectivity index (χ0v) is 14.7. The van der Waals surface area contributed by atoms with E-state index < -0.39 is 34.7 Å². The van der Waals surface area contributed by atoms with E-state index in [1.807, 2.05) is 6.07 Å². The lowest BCUT2D eigenvalue weighted by molar-refractivity contribution is -0.161. The van der Waals surface area contributed by atoms with Crippen molar-refractivity contribution in [2.75, 3.05) is 0 Å². The molecule has 0 saturated carbocycles. The third-order valence-electron chi connectivity index (χ3n) is 4.52. The summed E-state index contributed by atoms with van der Waals surface area (Å²) in [6, 6.07) is 6.51. The maximum Gasteiger partial charge on any atom is 0.327 e. The molecule has 2 aliphatic rings. The van der Waals surface area contributed by atoms with Crippen molar-refractivity contribution in [2.45, 2.75) is 42.1 Å². The number of aliphatic carboxylic acids is 1. The molecule has 4 atom stereocenters. The maximum absolute atomic E-state index is 12.5. The van der Waals surface area contributed by atoms with Gasteiger partial charge >= 0.3 is 5.97 Å². The maximum atomic E-state index is 12.5. The van der Waals surface area contributed by atoms with Crippen LogP contribution < -0.4 is 5.32 Å². The Balaban J connectivity index is 1.75. The monoisotopic (exact) mass is 361 g/mol. The van der Waals surface area contributed by atoms with Crippen molar-refractivity contribution in [3.63, 3.8) is 0 Å². The van der Waals surface area contributed by atoms with Crippen LogP contribution >= 0.6 is 11.8 Å². The van der Waals surface area contributed by atoms with E-state index in [0.717, 1.165) is 0 Å². The average Bonchev–Trinajstić information content (AvgIpc) is 2.82. The number of β-lactam (4-membered cyclic amide) rings is 1. The highest BCUT2D eigenvalue weighted by Crippen LogP contribution is 2.50. The lowest BCUT2D eigenvalue weighted by Gasteiger charge is -2.43. The number of fused-ring (bicyclic) bond motifs is 1. The summed E-state index contributed by atoms with van der Waals surface area (Å²) in [6.45, 7) is 7.05. The highest BCUT2D eigenvalue weighted by molar-refractivity contribution is 8.01. The van der Waals surface area contributed by atoms with E-state index in [-0.39, 0.29) is 11.3 Å². The number of nitrogens with one attached hydrogen (secondary N) is 1. The van der Waals surface area contributed by atoms with Gasteiger partial charge in [-0.25, -0.2) is 4.79 Å². The zero-order chi connectivity index (χ0) is 18.4. The SMILES string of the molecule is C=N[C@H](C(=O)N[C@@H]1C(=O)N2[C@@H](C(=O)O)C(C)(C)S[C@@H]12)c1ccccc1. The zero-order valence-electron chi connectivity index (χ0n) is 13.9. The first-order valence-corrected chi connectivity index (χ1v) is 8.70. The third kappa shape index (κ3) is 2.80. The molecule has 7 nitrogen and oxygen atoms in total. The Morgan fingerprint density at radius 3 is 2.56 bits per heavy atom. The quantitative estimate of drug-likeness (QED) is 0.603. The first kappa shape index (κ1) is 17.5. The number of rotatable bonds is 5. The highest BCUT2D eigenvalue weighted by Gasteiger charge is 2.64. The lowest BCUT2D eigenvalue weighted by Crippen LogP contribution is -2.70. The van der Waals surface area contributed by atoms with Gasteiger partial charge in [-0.2, -0.15) is 0 Å². The molecule has 132 valence electrons. The van der Waals surface area contributed by atoms with Crippen molar-refractivity contribution in [1.29, 1.82) is 0 Å². The Morgan fingerprint density at radius 2 is 2.00 bits per heavy atom. The van der Waals surface area contributed by atoms with Gasteiger partial charge in [0.15, 0.2) is 6.04 Å². The van der Waals surface area contributed by atoms with Crippen molar-refractivity contribution in [3.05, 3.63) is 35.9 Å². The van der Waals surface area contributed by atoms with E-state index in [4.69, 9.17) is 0 Å². The Morgan fingerprint density at radius 1 is 1.36 bits per heavy atom. The predicted octanol–water partition coefficient (Wildman–Crippen LogP) is 1.06. The number of carbonyl (C=O) groups is 3. The van der Waals surface area contributed by atoms with Gasteiger partial charge in [-0.05, 0) is 26.1 Å². The molecule has 1 aromatic carbocycles. The van der Waals surface area contributed by atoms with Crippen LogP contribution in [0.25, 0.3) is 0 Å². The Labute approximate surface area is 149 Å². The fourth-order valence-corrected chi connectivity index (χ4v) is 4.98. The van der Waals surface area contributed by atoms with Crippen molar-refractivity contribution in [1.82, 2.24) is 10.2 Å². The smallest absolute Gasteiger partial charge is 0.327 e. The van der Waals surface area contributed by atoms with Crippen LogP contribution in [0.1, 0.15) is 25.5 Å². The van der Waals surface area contributed by atoms with E-state index in [2.05, 4.69) is 17.0 Å². The number of amides is 2. The molecule has 2 heterocycles. The molecule has 8 heteroatoms. The molecule has 3 rings (SSSR count). The Kier molecular flexibility index (Phi) is 4.32. The number of benzene rings is 1. The fourth-order valence-electron chi connectivity index (χ4n) is 3.35. The van der Waals surface area contributed by atoms with Crippen LogP contribution in [0.3, 0.4) is 0 Å². The largest absolute Gasteiger partial charge is 0.480 e. The summed E-state index contributed by atoms with van der Waals surface area (Å²) in [7, 11) is 0. The van der Waals surface area contributed by atoms with Crippen LogP contribution in [0.4, 0.5) is 0 Å². The molecule has 2 amide bonds. The van der Waals surface area contributed by atoms with Crippen molar-refractivity contribution < 1.29 is 19.5 Å². The van der Waals surface area contributed by atoms with Crippen molar-refractivity contribution >= 4 is 36.3 Å². The lowest BCUT2D eigenvalue weighted by atomic mass is 9.95. The summed E-state index contributed by atoms with van der Waals surface area (Å²) in [4.78, 5) is 41.7. The molecule has 25 heavy (non-hydrogen) atoms. The van der Waals surface area contributed by atoms with Gasteiger partial charge in [-0.15, -0.1) is 11.8 Å². The van der Waals surface area contributed by atoms with Crippen LogP contribution in [0.5, 0.6) is 0 Å². The van der Waals surface area contributed by atoms with Crippen LogP contribution in [0, 0.1) is 0 Å². The number of thioether (sulfide) groups is 1. The molecule has 1 aromatic rings. The van der Waals surface area contributed by atoms with Crippen molar-refractivity contribution in [3.8, 4) is 0 Å². The molecule has 0 aromatic heterocycles. The summed E-state index contributed by atoms with van der Waals surface area (Å²) in [6.07, 6.45) is 0. The summed E-state index contributed by atoms with van der Waals surface area (Å²) >= 11 is 1.39. The molecule has 0 aliphatic carbocycles. The molecular weight excluding hydrogens is 342 g/mol. The fraction of sp³-hybridized carbons (Fsp3) is 0.412. The molecule has 0 unspecified atom stereocenters. The van der Waals surface area contributed by atoms with Gasteiger partial charge in [0.05, 0.1) is 0 Å². The minimum absolute atomic E-state index is 0.375. The van der Waals surface area contributed by atoms with E-state index in [1.165, 1.54) is 16.7 Å². The normalized spacial score (nSPS) is 27.8. The molecular formula is C17H19N3O4S. The number of aliphatic imine (C=N–C) groups is 1. The van der Waals surface area contributed by atoms with E-state index in [9.17, 15) is 19.5 Å². The molecule has 2 fully saturated rings. The van der Waals surface area contributed by atoms with Gasteiger partial charge in [0.25, 0.3) is 0 Å². The number of carboxylic acids is 1. The number of hydrogen-bond acceptors (Lipinski definition) is 5. The number of hydrogen-bond donors (Lipinski definition) is 2. The van der Waals surface area contributed by atoms with Gasteiger partial charge < -0.3 is 15.3 Å². The van der Waals surface area contributed by atoms with Crippen LogP contribution in [0.2, 0.25) is 0 Å². The van der Waals surface area contributed by atoms with Gasteiger partial charge in [0.2, 0.25) is 11.8 Å². The van der Waals surface area contributed by atoms with Gasteiger partial charge in [-0.3, -0.25) is 14.6 Å². The predicted molar refractivity (Wildman–Crippen MR) is 94.4 cm³/mol. The molecule has 0 spiro atoms. The van der Waals surface area contributed by atoms with Crippen molar-refractivity contribution in [2.24, 2.45) is 4.99 Å². The molecule has 0 bridgehead atoms. The van der Waals surface area contributed by atoms with Crippen LogP contribution in [-0.4, -0.2) is 56.7 Å². The Bertz CT molecular complexity index is 737. The van der Waals surface area contributed by atoms with Crippen LogP contribution in [0.15, 0.2) is 35.3 Å². The van der Waals surface area contributed by atoms with E-state index in [1.54, 1.807) is 38.1 Å². The van der Waals surface area contributed by atoms with Gasteiger partial charge in [0.1, 0.15) is 17.5 Å². The molecule has 2 N–H and O–H groups in total. The van der Waals surface area contributed by atoms with Gasteiger partial charge in [-0.1, -0.05) is 30.3 Å². The van der Waals surface area contributed by atoms with E-state index >= 15 is 0 Å². The minimum atomic E-state index is -1.03. The molecule has 2 aliphatic heterocycles. The summed E-state index contributed by atoms with van der Waals surface area (Å²) < 4.78 is -0.624. The molecule has 0 radical (unpaired) electrons. The average molecular weight is 361 g/mol. The first-order chi connectivity index (χ1) is 11.8. The number of carbonyl (C=O) groups excluding carboxylic acids is 2. The van der Waals surface area contributed by atoms with Gasteiger partial charge in [0, 0.05) is 4.75 Å². The second-order valence-corrected chi connectivity index (χ2v) is 8.35. The molecule has 2 saturated heterocycles. The number of carboxylic acid groups (broad SMARTS) is 1. The standard InChI is InChI=1S/C17H19N3O4S/c1-17(2)12(16(23)24)20-14(22)11(15(20)25-17)19-13(21)10(18-3)9-7-5-4-6-8-9/h4-8,10-12,15H,3H2,1-2H3,(H,19,21)(H,23,24)/t10-,11+,12-,15-/m0/s1. The Hall–Kier alpha value is -2.35. The minimum Gasteiger partial charge on any atom is -0.480 e. The summed E-state index contributed by atoms with van der Waals surface area (Å²) in [5.41, 5.74) is 0.682. The second-order valence-electron chi connectivity index (χ2n) is 6.58. The topological polar surface area (TPSA) is 99.1 Å². The second kappa shape index (κ2) is 6.18. The third-order valence-corrected chi connectivity index (χ3v) is 6.09. The summed E-state index contributed by atoms with van der Waals surface area (Å²) in [5, 5.41) is 11.7. The van der Waals surface area contributed by atoms with E-state index in [0.29, 0.717) is 5.56 Å². The van der Waals surface area contributed by atoms with Crippen LogP contribution in [-0.2, 0) is 14.4 Å². The first-order valence-electron chi connectivity index (χ1n) is 7.82. The highest BCUT2D eigenvalue weighted by atomic mass is 32.2. The summed E-state index contributed by atoms with van der Waals surface area (Å²) in [5.74, 6) is -1.83.